The summed E-state index contributed by atoms with van der Waals surface area (Å²) in [6, 6.07) is 11.7. The Balaban J connectivity index is 2.71. The minimum atomic E-state index is -5.22. The fourth-order valence-electron chi connectivity index (χ4n) is 3.23. The summed E-state index contributed by atoms with van der Waals surface area (Å²) < 4.78 is 33.9. The molecule has 0 heterocycles. The molecule has 0 amide bonds. The van der Waals surface area contributed by atoms with Gasteiger partial charge in [-0.3, -0.25) is 4.55 Å². The van der Waals surface area contributed by atoms with Crippen molar-refractivity contribution in [2.75, 3.05) is 0 Å². The first-order chi connectivity index (χ1) is 13.5. The lowest BCUT2D eigenvalue weighted by Gasteiger charge is -2.34. The average molecular weight is 494 g/mol. The highest BCUT2D eigenvalue weighted by Gasteiger charge is 2.54. The standard InChI is InChI=1S/C19H12Cl4O5S/c20-10-5-7-15(24)12(9-10)19(29(26,27)28,11-3-1-2-4-13(11)21)17-16(25)8-6-14(22)18(17)23/h1-9,24-25H,(H,26,27,28). The number of phenolic OH excluding ortho intramolecular Hbond substituents is 2. The van der Waals surface area contributed by atoms with Crippen LogP contribution in [-0.2, 0) is 14.9 Å². The fraction of sp³-hybridized carbons (Fsp3) is 0.0526. The van der Waals surface area contributed by atoms with E-state index in [0.29, 0.717) is 0 Å². The maximum Gasteiger partial charge on any atom is 0.283 e. The number of phenols is 2. The van der Waals surface area contributed by atoms with Gasteiger partial charge in [-0.2, -0.15) is 8.42 Å². The maximum atomic E-state index is 13.0. The number of hydrogen-bond acceptors (Lipinski definition) is 4. The molecule has 0 spiro atoms. The second kappa shape index (κ2) is 7.87. The molecule has 0 saturated heterocycles. The lowest BCUT2D eigenvalue weighted by molar-refractivity contribution is 0.428. The van der Waals surface area contributed by atoms with Crippen LogP contribution in [0.5, 0.6) is 11.5 Å². The molecule has 0 aliphatic carbocycles. The molecule has 3 rings (SSSR count). The Kier molecular flexibility index (Phi) is 5.98. The maximum absolute atomic E-state index is 13.0. The lowest BCUT2D eigenvalue weighted by atomic mass is 9.82. The highest BCUT2D eigenvalue weighted by Crippen LogP contribution is 2.54. The summed E-state index contributed by atoms with van der Waals surface area (Å²) in [6.07, 6.45) is 0. The molecule has 0 saturated carbocycles. The molecule has 5 nitrogen and oxygen atoms in total. The summed E-state index contributed by atoms with van der Waals surface area (Å²) in [4.78, 5) is 0. The largest absolute Gasteiger partial charge is 0.508 e. The van der Waals surface area contributed by atoms with E-state index in [1.165, 1.54) is 36.4 Å². The first-order valence-electron chi connectivity index (χ1n) is 7.90. The predicted octanol–water partition coefficient (Wildman–Crippen LogP) is 5.89. The summed E-state index contributed by atoms with van der Waals surface area (Å²) in [5.74, 6) is -1.14. The van der Waals surface area contributed by atoms with E-state index in [9.17, 15) is 23.2 Å². The molecule has 3 aromatic rings. The van der Waals surface area contributed by atoms with Gasteiger partial charge in [0.15, 0.2) is 4.75 Å². The first-order valence-corrected chi connectivity index (χ1v) is 10.9. The molecule has 0 aliphatic heterocycles. The number of aromatic hydroxyl groups is 2. The van der Waals surface area contributed by atoms with Crippen molar-refractivity contribution in [1.82, 2.24) is 0 Å². The van der Waals surface area contributed by atoms with Gasteiger partial charge in [0.05, 0.1) is 10.0 Å². The monoisotopic (exact) mass is 492 g/mol. The van der Waals surface area contributed by atoms with E-state index in [1.54, 1.807) is 0 Å². The molecular weight excluding hydrogens is 482 g/mol. The number of hydrogen-bond donors (Lipinski definition) is 3. The molecule has 152 valence electrons. The number of benzene rings is 3. The van der Waals surface area contributed by atoms with E-state index in [4.69, 9.17) is 46.4 Å². The van der Waals surface area contributed by atoms with Crippen LogP contribution < -0.4 is 0 Å². The van der Waals surface area contributed by atoms with E-state index in [1.807, 2.05) is 0 Å². The van der Waals surface area contributed by atoms with Gasteiger partial charge in [0.1, 0.15) is 11.5 Å². The van der Waals surface area contributed by atoms with E-state index in [2.05, 4.69) is 0 Å². The second-order valence-corrected chi connectivity index (χ2v) is 9.24. The van der Waals surface area contributed by atoms with Gasteiger partial charge in [0.2, 0.25) is 0 Å². The van der Waals surface area contributed by atoms with Crippen LogP contribution in [0.3, 0.4) is 0 Å². The van der Waals surface area contributed by atoms with Gasteiger partial charge < -0.3 is 10.2 Å². The van der Waals surface area contributed by atoms with Crippen LogP contribution in [0, 0.1) is 0 Å². The molecule has 0 aromatic heterocycles. The molecule has 0 radical (unpaired) electrons. The van der Waals surface area contributed by atoms with Crippen molar-refractivity contribution in [2.45, 2.75) is 4.75 Å². The van der Waals surface area contributed by atoms with E-state index < -0.39 is 31.9 Å². The normalized spacial score (nSPS) is 13.8. The van der Waals surface area contributed by atoms with Gasteiger partial charge in [0.25, 0.3) is 10.1 Å². The van der Waals surface area contributed by atoms with Gasteiger partial charge in [-0.05, 0) is 36.4 Å². The Bertz CT molecular complexity index is 1210. The zero-order valence-corrected chi connectivity index (χ0v) is 18.1. The van der Waals surface area contributed by atoms with Crippen LogP contribution in [0.4, 0.5) is 0 Å². The van der Waals surface area contributed by atoms with Crippen LogP contribution in [0.25, 0.3) is 0 Å². The third-order valence-electron chi connectivity index (χ3n) is 4.40. The molecular formula is C19H12Cl4O5S. The highest BCUT2D eigenvalue weighted by atomic mass is 35.5. The predicted molar refractivity (Wildman–Crippen MR) is 114 cm³/mol. The van der Waals surface area contributed by atoms with E-state index in [0.717, 1.165) is 18.2 Å². The molecule has 3 aromatic carbocycles. The van der Waals surface area contributed by atoms with Gasteiger partial charge >= 0.3 is 0 Å². The van der Waals surface area contributed by atoms with Crippen molar-refractivity contribution in [3.63, 3.8) is 0 Å². The van der Waals surface area contributed by atoms with Crippen LogP contribution >= 0.6 is 46.4 Å². The molecule has 0 bridgehead atoms. The van der Waals surface area contributed by atoms with Crippen LogP contribution in [0.15, 0.2) is 54.6 Å². The molecule has 0 aliphatic rings. The van der Waals surface area contributed by atoms with Crippen molar-refractivity contribution >= 4 is 56.5 Å². The fourth-order valence-corrected chi connectivity index (χ4v) is 5.62. The molecule has 10 heteroatoms. The van der Waals surface area contributed by atoms with Crippen molar-refractivity contribution < 1.29 is 23.2 Å². The van der Waals surface area contributed by atoms with Crippen molar-refractivity contribution in [2.24, 2.45) is 0 Å². The number of rotatable bonds is 4. The third kappa shape index (κ3) is 3.54. The van der Waals surface area contributed by atoms with Crippen LogP contribution in [0.1, 0.15) is 16.7 Å². The third-order valence-corrected chi connectivity index (χ3v) is 7.19. The molecule has 1 atom stereocenters. The van der Waals surface area contributed by atoms with Crippen molar-refractivity contribution in [1.29, 1.82) is 0 Å². The topological polar surface area (TPSA) is 94.8 Å². The summed E-state index contributed by atoms with van der Waals surface area (Å²) in [7, 11) is -5.22. The Morgan fingerprint density at radius 1 is 0.759 bits per heavy atom. The second-order valence-electron chi connectivity index (χ2n) is 6.05. The minimum absolute atomic E-state index is 0.0514. The lowest BCUT2D eigenvalue weighted by Crippen LogP contribution is -2.39. The summed E-state index contributed by atoms with van der Waals surface area (Å²) in [5.41, 5.74) is -1.04. The zero-order valence-electron chi connectivity index (χ0n) is 14.3. The smallest absolute Gasteiger partial charge is 0.283 e. The van der Waals surface area contributed by atoms with E-state index in [-0.39, 0.29) is 31.2 Å². The van der Waals surface area contributed by atoms with Crippen LogP contribution in [-0.4, -0.2) is 23.2 Å². The van der Waals surface area contributed by atoms with Gasteiger partial charge in [-0.25, -0.2) is 0 Å². The highest BCUT2D eigenvalue weighted by molar-refractivity contribution is 7.87. The summed E-state index contributed by atoms with van der Waals surface area (Å²) in [6.45, 7) is 0. The summed E-state index contributed by atoms with van der Waals surface area (Å²) in [5, 5.41) is 20.7. The Hall–Kier alpha value is -1.67. The van der Waals surface area contributed by atoms with E-state index >= 15 is 0 Å². The molecule has 29 heavy (non-hydrogen) atoms. The van der Waals surface area contributed by atoms with Gasteiger partial charge in [-0.1, -0.05) is 64.6 Å². The van der Waals surface area contributed by atoms with Crippen molar-refractivity contribution in [3.8, 4) is 11.5 Å². The minimum Gasteiger partial charge on any atom is -0.508 e. The van der Waals surface area contributed by atoms with Crippen LogP contribution in [0.2, 0.25) is 20.1 Å². The Morgan fingerprint density at radius 2 is 1.38 bits per heavy atom. The van der Waals surface area contributed by atoms with Crippen molar-refractivity contribution in [3.05, 3.63) is 91.4 Å². The molecule has 0 fully saturated rings. The SMILES string of the molecule is O=S(=O)(O)C(c1cc(Cl)ccc1O)(c1ccccc1Cl)c1c(O)ccc(Cl)c1Cl. The Morgan fingerprint density at radius 3 is 2.00 bits per heavy atom. The quantitative estimate of drug-likeness (QED) is 0.311. The Labute approximate surface area is 186 Å². The van der Waals surface area contributed by atoms with Gasteiger partial charge in [0, 0.05) is 26.7 Å². The molecule has 3 N–H and O–H groups in total. The summed E-state index contributed by atoms with van der Waals surface area (Å²) >= 11 is 24.8. The molecule has 1 unspecified atom stereocenters. The zero-order chi connectivity index (χ0) is 21.6. The average Bonchev–Trinajstić information content (AvgIpc) is 2.64. The number of halogens is 4. The first kappa shape index (κ1) is 22.0. The van der Waals surface area contributed by atoms with Gasteiger partial charge in [-0.15, -0.1) is 0 Å².